The fraction of sp³-hybridized carbons (Fsp3) is 0.594. The van der Waals surface area contributed by atoms with Crippen LogP contribution in [-0.2, 0) is 25.8 Å². The molecule has 3 aliphatic rings. The Kier molecular flexibility index (Phi) is 8.50. The van der Waals surface area contributed by atoms with Crippen molar-refractivity contribution >= 4 is 28.8 Å². The minimum Gasteiger partial charge on any atom is -0.394 e. The summed E-state index contributed by atoms with van der Waals surface area (Å²) in [6.07, 6.45) is 5.36. The number of aromatic nitrogens is 3. The van der Waals surface area contributed by atoms with Gasteiger partial charge in [0, 0.05) is 20.1 Å². The number of hydrogen-bond acceptors (Lipinski definition) is 7. The summed E-state index contributed by atoms with van der Waals surface area (Å²) in [6.45, 7) is 14.0. The Morgan fingerprint density at radius 2 is 1.91 bits per heavy atom. The monoisotopic (exact) mass is 592 g/mol. The van der Waals surface area contributed by atoms with Gasteiger partial charge in [-0.2, -0.15) is 0 Å². The fourth-order valence-electron chi connectivity index (χ4n) is 7.77. The third-order valence-corrected chi connectivity index (χ3v) is 9.63. The first kappa shape index (κ1) is 30.9. The highest BCUT2D eigenvalue weighted by molar-refractivity contribution is 5.99. The first-order valence-electron chi connectivity index (χ1n) is 15.3. The molecule has 11 heteroatoms. The first-order valence-corrected chi connectivity index (χ1v) is 15.3. The van der Waals surface area contributed by atoms with Crippen molar-refractivity contribution in [1.29, 1.82) is 0 Å². The Morgan fingerprint density at radius 3 is 2.56 bits per heavy atom. The van der Waals surface area contributed by atoms with E-state index in [0.29, 0.717) is 37.7 Å². The molecule has 0 saturated carbocycles. The van der Waals surface area contributed by atoms with Crippen LogP contribution in [0, 0.1) is 17.8 Å². The molecule has 2 unspecified atom stereocenters. The third kappa shape index (κ3) is 4.86. The van der Waals surface area contributed by atoms with E-state index in [2.05, 4.69) is 23.5 Å². The van der Waals surface area contributed by atoms with E-state index >= 15 is 0 Å². The molecule has 0 aliphatic carbocycles. The maximum Gasteiger partial charge on any atom is 0.250 e. The molecule has 2 aromatic rings. The van der Waals surface area contributed by atoms with Gasteiger partial charge in [0.1, 0.15) is 23.8 Å². The zero-order chi connectivity index (χ0) is 31.1. The van der Waals surface area contributed by atoms with Crippen molar-refractivity contribution in [2.75, 3.05) is 26.7 Å². The Morgan fingerprint density at radius 1 is 1.19 bits per heavy atom. The second kappa shape index (κ2) is 11.8. The standard InChI is InChI=1S/C32H44N6O5/c1-7-16-35(6)28(40)25-26-29(41)38(22(19-39)18-21(4)5)27(32(26)15-14-31(25,9-3)43-32)30(42)36(17-8-2)20-37-24-13-11-10-12-23(24)33-34-37/h7-8,10-13,21-22,25-27,39H,1-2,9,14-20H2,3-6H3/t22-,25+,26+,27?,31-,32?/m1/s1. The Hall–Kier alpha value is -3.57. The van der Waals surface area contributed by atoms with Crippen molar-refractivity contribution in [2.45, 2.75) is 76.4 Å². The summed E-state index contributed by atoms with van der Waals surface area (Å²) < 4.78 is 8.58. The summed E-state index contributed by atoms with van der Waals surface area (Å²) in [5, 5.41) is 19.1. The molecule has 3 aliphatic heterocycles. The second-order valence-corrected chi connectivity index (χ2v) is 12.6. The average molecular weight is 593 g/mol. The number of fused-ring (bicyclic) bond motifs is 2. The number of ether oxygens (including phenoxy) is 1. The van der Waals surface area contributed by atoms with Crippen LogP contribution in [0.5, 0.6) is 0 Å². The lowest BCUT2D eigenvalue weighted by molar-refractivity contribution is -0.158. The maximum absolute atomic E-state index is 14.8. The minimum absolute atomic E-state index is 0.0853. The van der Waals surface area contributed by atoms with Crippen LogP contribution < -0.4 is 0 Å². The number of nitrogens with zero attached hydrogens (tertiary/aromatic N) is 6. The predicted molar refractivity (Wildman–Crippen MR) is 161 cm³/mol. The zero-order valence-corrected chi connectivity index (χ0v) is 25.7. The highest BCUT2D eigenvalue weighted by Crippen LogP contribution is 2.65. The molecule has 3 fully saturated rings. The van der Waals surface area contributed by atoms with Crippen LogP contribution in [0.1, 0.15) is 46.5 Å². The number of aliphatic hydroxyl groups is 1. The molecule has 3 saturated heterocycles. The van der Waals surface area contributed by atoms with Crippen LogP contribution in [-0.4, -0.2) is 103 Å². The summed E-state index contributed by atoms with van der Waals surface area (Å²) in [5.41, 5.74) is -0.579. The van der Waals surface area contributed by atoms with Crippen LogP contribution in [0.2, 0.25) is 0 Å². The molecule has 2 bridgehead atoms. The van der Waals surface area contributed by atoms with Crippen LogP contribution in [0.3, 0.4) is 0 Å². The SMILES string of the molecule is C=CCN(C)C(=O)[C@@H]1[C@H]2C(=O)N([C@@H](CO)CC(C)C)C(C(=O)N(CC=C)Cn3nnc4ccccc43)C23CC[C@@]1(CC)O3. The largest absolute Gasteiger partial charge is 0.394 e. The van der Waals surface area contributed by atoms with E-state index in [0.717, 1.165) is 5.52 Å². The van der Waals surface area contributed by atoms with Gasteiger partial charge in [0.2, 0.25) is 17.7 Å². The number of likely N-dealkylation sites (N-methyl/N-ethyl adjacent to an activating group) is 1. The molecule has 1 aromatic carbocycles. The van der Waals surface area contributed by atoms with Crippen LogP contribution >= 0.6 is 0 Å². The molecule has 6 atom stereocenters. The number of carbonyl (C=O) groups excluding carboxylic acids is 3. The number of carbonyl (C=O) groups is 3. The molecule has 5 rings (SSSR count). The van der Waals surface area contributed by atoms with Crippen molar-refractivity contribution < 1.29 is 24.2 Å². The molecule has 232 valence electrons. The number of likely N-dealkylation sites (tertiary alicyclic amines) is 1. The fourth-order valence-corrected chi connectivity index (χ4v) is 7.77. The molecule has 11 nitrogen and oxygen atoms in total. The lowest BCUT2D eigenvalue weighted by Crippen LogP contribution is -2.59. The van der Waals surface area contributed by atoms with Crippen molar-refractivity contribution in [3.05, 3.63) is 49.6 Å². The summed E-state index contributed by atoms with van der Waals surface area (Å²) in [7, 11) is 1.70. The van der Waals surface area contributed by atoms with Gasteiger partial charge >= 0.3 is 0 Å². The zero-order valence-electron chi connectivity index (χ0n) is 25.7. The normalized spacial score (nSPS) is 28.4. The third-order valence-electron chi connectivity index (χ3n) is 9.63. The lowest BCUT2D eigenvalue weighted by atomic mass is 9.64. The van der Waals surface area contributed by atoms with Gasteiger partial charge in [-0.15, -0.1) is 18.3 Å². The number of benzene rings is 1. The Balaban J connectivity index is 1.61. The summed E-state index contributed by atoms with van der Waals surface area (Å²) >= 11 is 0. The molecule has 43 heavy (non-hydrogen) atoms. The summed E-state index contributed by atoms with van der Waals surface area (Å²) in [6, 6.07) is 5.87. The minimum atomic E-state index is -1.20. The van der Waals surface area contributed by atoms with E-state index in [-0.39, 0.29) is 43.5 Å². The molecule has 1 aromatic heterocycles. The lowest BCUT2D eigenvalue weighted by Gasteiger charge is -2.40. The van der Waals surface area contributed by atoms with Gasteiger partial charge in [-0.1, -0.05) is 50.3 Å². The van der Waals surface area contributed by atoms with Crippen molar-refractivity contribution in [3.63, 3.8) is 0 Å². The highest BCUT2D eigenvalue weighted by Gasteiger charge is 2.79. The molecular formula is C32H44N6O5. The van der Waals surface area contributed by atoms with Gasteiger partial charge < -0.3 is 24.5 Å². The van der Waals surface area contributed by atoms with Crippen LogP contribution in [0.4, 0.5) is 0 Å². The topological polar surface area (TPSA) is 121 Å². The number of aliphatic hydroxyl groups excluding tert-OH is 1. The molecule has 3 amide bonds. The number of rotatable bonds is 13. The van der Waals surface area contributed by atoms with E-state index < -0.39 is 35.1 Å². The molecule has 4 heterocycles. The quantitative estimate of drug-likeness (QED) is 0.355. The van der Waals surface area contributed by atoms with Crippen molar-refractivity contribution in [2.24, 2.45) is 17.8 Å². The van der Waals surface area contributed by atoms with Crippen LogP contribution in [0.15, 0.2) is 49.6 Å². The van der Waals surface area contributed by atoms with E-state index in [4.69, 9.17) is 4.74 Å². The van der Waals surface area contributed by atoms with Gasteiger partial charge in [-0.05, 0) is 43.7 Å². The van der Waals surface area contributed by atoms with E-state index in [1.807, 2.05) is 45.0 Å². The second-order valence-electron chi connectivity index (χ2n) is 12.6. The Bertz CT molecular complexity index is 1410. The highest BCUT2D eigenvalue weighted by atomic mass is 16.5. The maximum atomic E-state index is 14.8. The molecule has 1 N–H and O–H groups in total. The number of amides is 3. The van der Waals surface area contributed by atoms with Gasteiger partial charge in [-0.25, -0.2) is 4.68 Å². The smallest absolute Gasteiger partial charge is 0.250 e. The van der Waals surface area contributed by atoms with Crippen molar-refractivity contribution in [3.8, 4) is 0 Å². The number of para-hydroxylation sites is 1. The van der Waals surface area contributed by atoms with Crippen molar-refractivity contribution in [1.82, 2.24) is 29.7 Å². The average Bonchev–Trinajstić information content (AvgIpc) is 3.72. The van der Waals surface area contributed by atoms with Gasteiger partial charge in [-0.3, -0.25) is 14.4 Å². The van der Waals surface area contributed by atoms with Gasteiger partial charge in [0.25, 0.3) is 0 Å². The first-order chi connectivity index (χ1) is 20.6. The van der Waals surface area contributed by atoms with E-state index in [1.54, 1.807) is 38.6 Å². The Labute approximate surface area is 253 Å². The predicted octanol–water partition coefficient (Wildman–Crippen LogP) is 2.61. The van der Waals surface area contributed by atoms with Gasteiger partial charge in [0.15, 0.2) is 0 Å². The summed E-state index contributed by atoms with van der Waals surface area (Å²) in [4.78, 5) is 48.2. The summed E-state index contributed by atoms with van der Waals surface area (Å²) in [5.74, 6) is -2.24. The molecule has 1 spiro atoms. The number of hydrogen-bond donors (Lipinski definition) is 1. The molecular weight excluding hydrogens is 548 g/mol. The van der Waals surface area contributed by atoms with Crippen LogP contribution in [0.25, 0.3) is 11.0 Å². The molecule has 0 radical (unpaired) electrons. The van der Waals surface area contributed by atoms with E-state index in [1.165, 1.54) is 0 Å². The van der Waals surface area contributed by atoms with Gasteiger partial charge in [0.05, 0.1) is 35.6 Å². The van der Waals surface area contributed by atoms with E-state index in [9.17, 15) is 19.5 Å².